The Bertz CT molecular complexity index is 1520. The van der Waals surface area contributed by atoms with Gasteiger partial charge in [-0.2, -0.15) is 5.21 Å². The molecule has 0 aliphatic carbocycles. The Morgan fingerprint density at radius 2 is 1.89 bits per heavy atom. The fraction of sp³-hybridized carbons (Fsp3) is 0.222. The van der Waals surface area contributed by atoms with Crippen LogP contribution in [0.4, 0.5) is 5.69 Å². The van der Waals surface area contributed by atoms with Crippen molar-refractivity contribution in [2.45, 2.75) is 26.7 Å². The minimum atomic E-state index is -0.395. The average Bonchev–Trinajstić information content (AvgIpc) is 3.56. The lowest BCUT2D eigenvalue weighted by Gasteiger charge is -2.17. The molecule has 36 heavy (non-hydrogen) atoms. The third-order valence-electron chi connectivity index (χ3n) is 6.16. The summed E-state index contributed by atoms with van der Waals surface area (Å²) in [6.45, 7) is 4.93. The van der Waals surface area contributed by atoms with Gasteiger partial charge in [-0.3, -0.25) is 4.57 Å². The molecule has 2 aromatic heterocycles. The summed E-state index contributed by atoms with van der Waals surface area (Å²) in [6, 6.07) is 19.7. The molecule has 0 saturated heterocycles. The number of ether oxygens (including phenoxy) is 1. The number of nitrogens with one attached hydrogen (secondary N) is 2. The van der Waals surface area contributed by atoms with Gasteiger partial charge in [0.1, 0.15) is 5.82 Å². The minimum Gasteiger partial charge on any atom is -0.465 e. The second-order valence-electron chi connectivity index (χ2n) is 8.45. The summed E-state index contributed by atoms with van der Waals surface area (Å²) in [6.07, 6.45) is 2.12. The maximum Gasteiger partial charge on any atom is 0.340 e. The number of unbranched alkanes of at least 4 members (excludes halogenated alkanes) is 1. The van der Waals surface area contributed by atoms with Crippen LogP contribution in [0.1, 0.15) is 35.9 Å². The van der Waals surface area contributed by atoms with Crippen LogP contribution in [-0.2, 0) is 4.74 Å². The van der Waals surface area contributed by atoms with Gasteiger partial charge in [0.25, 0.3) is 0 Å². The number of H-pyrrole nitrogens is 1. The van der Waals surface area contributed by atoms with Gasteiger partial charge in [-0.15, -0.1) is 10.2 Å². The van der Waals surface area contributed by atoms with E-state index in [2.05, 4.69) is 51.1 Å². The molecule has 0 radical (unpaired) electrons. The zero-order chi connectivity index (χ0) is 25.1. The number of aryl methyl sites for hydroxylation is 1. The first-order valence-electron chi connectivity index (χ1n) is 11.9. The van der Waals surface area contributed by atoms with Gasteiger partial charge >= 0.3 is 5.97 Å². The first-order chi connectivity index (χ1) is 17.6. The smallest absolute Gasteiger partial charge is 0.340 e. The second kappa shape index (κ2) is 9.99. The lowest BCUT2D eigenvalue weighted by molar-refractivity contribution is 0.0602. The SMILES string of the molecule is CCCCNc1cc(-n2c(C)nc3cccc(C(=O)OC)c32)ccc1-c1ccccc1-c1nn[nH]n1. The lowest BCUT2D eigenvalue weighted by Crippen LogP contribution is -2.07. The summed E-state index contributed by atoms with van der Waals surface area (Å²) in [5, 5.41) is 18.3. The molecule has 2 heterocycles. The third-order valence-corrected chi connectivity index (χ3v) is 6.16. The van der Waals surface area contributed by atoms with Crippen molar-refractivity contribution in [1.29, 1.82) is 0 Å². The molecule has 2 N–H and O–H groups in total. The van der Waals surface area contributed by atoms with Gasteiger partial charge in [0, 0.05) is 29.0 Å². The molecule has 182 valence electrons. The molecule has 0 fully saturated rings. The van der Waals surface area contributed by atoms with Crippen LogP contribution in [-0.4, -0.2) is 49.8 Å². The molecule has 0 amide bonds. The highest BCUT2D eigenvalue weighted by Crippen LogP contribution is 2.37. The summed E-state index contributed by atoms with van der Waals surface area (Å²) in [4.78, 5) is 17.3. The highest BCUT2D eigenvalue weighted by molar-refractivity contribution is 6.03. The number of benzene rings is 3. The summed E-state index contributed by atoms with van der Waals surface area (Å²) in [7, 11) is 1.39. The van der Waals surface area contributed by atoms with E-state index in [1.807, 2.05) is 47.9 Å². The van der Waals surface area contributed by atoms with Gasteiger partial charge in [0.2, 0.25) is 5.82 Å². The van der Waals surface area contributed by atoms with Crippen LogP contribution in [0.15, 0.2) is 60.7 Å². The number of carbonyl (C=O) groups is 1. The van der Waals surface area contributed by atoms with Crippen LogP contribution in [0.3, 0.4) is 0 Å². The standard InChI is InChI=1S/C27H27N7O2/c1-4-5-15-28-24-16-18(34-17(2)29-23-12-8-11-22(25(23)34)27(35)36-3)13-14-20(24)19-9-6-7-10-21(19)26-30-32-33-31-26/h6-14,16,28H,4-5,15H2,1-3H3,(H,30,31,32,33). The fourth-order valence-corrected chi connectivity index (χ4v) is 4.47. The number of anilines is 1. The van der Waals surface area contributed by atoms with Crippen molar-refractivity contribution < 1.29 is 9.53 Å². The van der Waals surface area contributed by atoms with Gasteiger partial charge < -0.3 is 10.1 Å². The minimum absolute atomic E-state index is 0.395. The number of rotatable bonds is 8. The fourth-order valence-electron chi connectivity index (χ4n) is 4.47. The Morgan fingerprint density at radius 3 is 2.64 bits per heavy atom. The largest absolute Gasteiger partial charge is 0.465 e. The predicted octanol–water partition coefficient (Wildman–Crippen LogP) is 5.18. The molecule has 0 aliphatic heterocycles. The maximum absolute atomic E-state index is 12.6. The van der Waals surface area contributed by atoms with E-state index >= 15 is 0 Å². The normalized spacial score (nSPS) is 11.1. The monoisotopic (exact) mass is 481 g/mol. The highest BCUT2D eigenvalue weighted by Gasteiger charge is 2.20. The molecule has 0 bridgehead atoms. The first-order valence-corrected chi connectivity index (χ1v) is 11.9. The van der Waals surface area contributed by atoms with Gasteiger partial charge in [-0.05, 0) is 48.4 Å². The number of esters is 1. The zero-order valence-corrected chi connectivity index (χ0v) is 20.4. The van der Waals surface area contributed by atoms with Crippen LogP contribution >= 0.6 is 0 Å². The van der Waals surface area contributed by atoms with E-state index in [0.717, 1.165) is 64.3 Å². The van der Waals surface area contributed by atoms with E-state index in [1.54, 1.807) is 6.07 Å². The zero-order valence-electron chi connectivity index (χ0n) is 20.4. The summed E-state index contributed by atoms with van der Waals surface area (Å²) >= 11 is 0. The van der Waals surface area contributed by atoms with E-state index in [9.17, 15) is 4.79 Å². The quantitative estimate of drug-likeness (QED) is 0.232. The Hall–Kier alpha value is -4.53. The van der Waals surface area contributed by atoms with E-state index in [-0.39, 0.29) is 0 Å². The van der Waals surface area contributed by atoms with E-state index in [4.69, 9.17) is 9.72 Å². The number of para-hydroxylation sites is 1. The molecular formula is C27H27N7O2. The molecule has 0 atom stereocenters. The number of imidazole rings is 1. The lowest BCUT2D eigenvalue weighted by atomic mass is 9.97. The van der Waals surface area contributed by atoms with Crippen LogP contribution in [0, 0.1) is 6.92 Å². The van der Waals surface area contributed by atoms with Crippen molar-refractivity contribution in [3.05, 3.63) is 72.1 Å². The molecular weight excluding hydrogens is 454 g/mol. The van der Waals surface area contributed by atoms with E-state index in [0.29, 0.717) is 11.4 Å². The number of aromatic nitrogens is 6. The van der Waals surface area contributed by atoms with Crippen molar-refractivity contribution in [2.24, 2.45) is 0 Å². The van der Waals surface area contributed by atoms with Crippen LogP contribution in [0.5, 0.6) is 0 Å². The number of aromatic amines is 1. The summed E-state index contributed by atoms with van der Waals surface area (Å²) in [5.41, 5.74) is 6.69. The first kappa shape index (κ1) is 23.2. The van der Waals surface area contributed by atoms with Gasteiger partial charge in [-0.25, -0.2) is 9.78 Å². The molecule has 9 nitrogen and oxygen atoms in total. The predicted molar refractivity (Wildman–Crippen MR) is 139 cm³/mol. The summed E-state index contributed by atoms with van der Waals surface area (Å²) in [5.74, 6) is 0.919. The average molecular weight is 482 g/mol. The summed E-state index contributed by atoms with van der Waals surface area (Å²) < 4.78 is 7.05. The van der Waals surface area contributed by atoms with Crippen LogP contribution in [0.2, 0.25) is 0 Å². The maximum atomic E-state index is 12.6. The Balaban J connectivity index is 1.69. The number of nitrogens with zero attached hydrogens (tertiary/aromatic N) is 5. The van der Waals surface area contributed by atoms with Crippen molar-refractivity contribution >= 4 is 22.7 Å². The van der Waals surface area contributed by atoms with Gasteiger partial charge in [0.15, 0.2) is 0 Å². The van der Waals surface area contributed by atoms with E-state index in [1.165, 1.54) is 7.11 Å². The molecule has 0 aliphatic rings. The number of fused-ring (bicyclic) bond motifs is 1. The van der Waals surface area contributed by atoms with Crippen molar-refractivity contribution in [1.82, 2.24) is 30.2 Å². The van der Waals surface area contributed by atoms with Gasteiger partial charge in [0.05, 0.1) is 23.7 Å². The Morgan fingerprint density at radius 1 is 1.06 bits per heavy atom. The molecule has 0 spiro atoms. The van der Waals surface area contributed by atoms with Crippen molar-refractivity contribution in [3.63, 3.8) is 0 Å². The Kier molecular flexibility index (Phi) is 6.44. The number of carbonyl (C=O) groups excluding carboxylic acids is 1. The van der Waals surface area contributed by atoms with Crippen molar-refractivity contribution in [2.75, 3.05) is 19.0 Å². The van der Waals surface area contributed by atoms with Crippen LogP contribution < -0.4 is 5.32 Å². The highest BCUT2D eigenvalue weighted by atomic mass is 16.5. The number of tetrazole rings is 1. The molecule has 0 unspecified atom stereocenters. The molecule has 5 aromatic rings. The molecule has 3 aromatic carbocycles. The van der Waals surface area contributed by atoms with Gasteiger partial charge in [-0.1, -0.05) is 49.7 Å². The number of hydrogen-bond acceptors (Lipinski definition) is 7. The molecule has 0 saturated carbocycles. The third kappa shape index (κ3) is 4.19. The van der Waals surface area contributed by atoms with Crippen molar-refractivity contribution in [3.8, 4) is 28.2 Å². The topological polar surface area (TPSA) is 111 Å². The number of hydrogen-bond donors (Lipinski definition) is 2. The molecule has 9 heteroatoms. The molecule has 5 rings (SSSR count). The number of methoxy groups -OCH3 is 1. The van der Waals surface area contributed by atoms with E-state index < -0.39 is 5.97 Å². The van der Waals surface area contributed by atoms with Crippen LogP contribution in [0.25, 0.3) is 39.2 Å². The second-order valence-corrected chi connectivity index (χ2v) is 8.45. The Labute approximate surface area is 208 Å².